The van der Waals surface area contributed by atoms with Crippen molar-refractivity contribution in [3.63, 3.8) is 0 Å². The van der Waals surface area contributed by atoms with Gasteiger partial charge in [-0.1, -0.05) is 25.2 Å². The topological polar surface area (TPSA) is 48.4 Å². The van der Waals surface area contributed by atoms with Gasteiger partial charge in [0.25, 0.3) is 0 Å². The van der Waals surface area contributed by atoms with Crippen LogP contribution < -0.4 is 0 Å². The van der Waals surface area contributed by atoms with Crippen molar-refractivity contribution in [3.05, 3.63) is 35.4 Å². The van der Waals surface area contributed by atoms with Gasteiger partial charge in [0.15, 0.2) is 0 Å². The summed E-state index contributed by atoms with van der Waals surface area (Å²) in [5.41, 5.74) is 0.811. The van der Waals surface area contributed by atoms with Crippen molar-refractivity contribution in [2.75, 3.05) is 19.0 Å². The van der Waals surface area contributed by atoms with Crippen LogP contribution in [0.5, 0.6) is 0 Å². The molecule has 1 aromatic heterocycles. The Morgan fingerprint density at radius 3 is 2.52 bits per heavy atom. The summed E-state index contributed by atoms with van der Waals surface area (Å²) in [5, 5.41) is 0.432. The van der Waals surface area contributed by atoms with E-state index in [2.05, 4.69) is 4.98 Å². The number of thioether (sulfide) groups is 1. The van der Waals surface area contributed by atoms with Crippen molar-refractivity contribution in [3.8, 4) is 0 Å². The molecule has 0 aliphatic heterocycles. The Hall–Kier alpha value is -0.520. The third-order valence-electron chi connectivity index (χ3n) is 2.37. The number of pyridine rings is 1. The van der Waals surface area contributed by atoms with Gasteiger partial charge in [-0.05, 0) is 37.3 Å². The SMILES string of the molecule is CCOP(=O)(OCC)/C(=C/c1cccnc1)C(=S)SCC. The van der Waals surface area contributed by atoms with E-state index < -0.39 is 7.60 Å². The second kappa shape index (κ2) is 9.49. The van der Waals surface area contributed by atoms with E-state index in [4.69, 9.17) is 21.3 Å². The van der Waals surface area contributed by atoms with Crippen molar-refractivity contribution in [2.24, 2.45) is 0 Å². The van der Waals surface area contributed by atoms with E-state index in [0.29, 0.717) is 22.7 Å². The molecule has 1 rings (SSSR count). The summed E-state index contributed by atoms with van der Waals surface area (Å²) in [6, 6.07) is 3.68. The van der Waals surface area contributed by atoms with E-state index in [1.807, 2.05) is 19.1 Å². The monoisotopic (exact) mass is 345 g/mol. The van der Waals surface area contributed by atoms with Gasteiger partial charge in [-0.2, -0.15) is 0 Å². The molecule has 0 aromatic carbocycles. The zero-order chi connectivity index (χ0) is 15.7. The van der Waals surface area contributed by atoms with Gasteiger partial charge in [-0.15, -0.1) is 11.8 Å². The first-order valence-corrected chi connectivity index (χ1v) is 9.69. The Balaban J connectivity index is 3.26. The Kier molecular flexibility index (Phi) is 8.37. The van der Waals surface area contributed by atoms with Crippen LogP contribution >= 0.6 is 31.6 Å². The molecule has 21 heavy (non-hydrogen) atoms. The van der Waals surface area contributed by atoms with Crippen molar-refractivity contribution < 1.29 is 13.6 Å². The number of nitrogens with zero attached hydrogens (tertiary/aromatic N) is 1. The van der Waals surface area contributed by atoms with Crippen molar-refractivity contribution >= 4 is 41.8 Å². The molecular formula is C14H20NO3PS2. The highest BCUT2D eigenvalue weighted by Crippen LogP contribution is 2.58. The number of hydrogen-bond acceptors (Lipinski definition) is 6. The first kappa shape index (κ1) is 18.5. The summed E-state index contributed by atoms with van der Waals surface area (Å²) < 4.78 is 24.4. The molecule has 7 heteroatoms. The fraction of sp³-hybridized carbons (Fsp3) is 0.429. The van der Waals surface area contributed by atoms with Gasteiger partial charge < -0.3 is 9.05 Å². The van der Waals surface area contributed by atoms with E-state index >= 15 is 0 Å². The molecule has 1 heterocycles. The smallest absolute Gasteiger partial charge is 0.305 e. The number of thiocarbonyl (C=S) groups is 1. The third-order valence-corrected chi connectivity index (χ3v) is 6.15. The molecule has 0 radical (unpaired) electrons. The third kappa shape index (κ3) is 5.64. The van der Waals surface area contributed by atoms with E-state index in [1.54, 1.807) is 32.3 Å². The Morgan fingerprint density at radius 1 is 1.38 bits per heavy atom. The Bertz CT molecular complexity index is 524. The molecule has 0 fully saturated rings. The molecule has 0 bridgehead atoms. The van der Waals surface area contributed by atoms with Gasteiger partial charge in [0.05, 0.1) is 22.7 Å². The minimum absolute atomic E-state index is 0.293. The summed E-state index contributed by atoms with van der Waals surface area (Å²) in [6.45, 7) is 6.14. The normalized spacial score (nSPS) is 12.4. The minimum Gasteiger partial charge on any atom is -0.305 e. The van der Waals surface area contributed by atoms with Crippen LogP contribution in [0.4, 0.5) is 0 Å². The molecular weight excluding hydrogens is 325 g/mol. The molecule has 116 valence electrons. The quantitative estimate of drug-likeness (QED) is 0.384. The lowest BCUT2D eigenvalue weighted by Crippen LogP contribution is -2.04. The predicted octanol–water partition coefficient (Wildman–Crippen LogP) is 4.77. The highest BCUT2D eigenvalue weighted by Gasteiger charge is 2.32. The summed E-state index contributed by atoms with van der Waals surface area (Å²) in [6.07, 6.45) is 5.10. The Morgan fingerprint density at radius 2 is 2.05 bits per heavy atom. The van der Waals surface area contributed by atoms with Gasteiger partial charge in [0.2, 0.25) is 0 Å². The summed E-state index contributed by atoms with van der Waals surface area (Å²) >= 11 is 6.84. The molecule has 4 nitrogen and oxygen atoms in total. The molecule has 0 saturated heterocycles. The van der Waals surface area contributed by atoms with Crippen molar-refractivity contribution in [1.29, 1.82) is 0 Å². The van der Waals surface area contributed by atoms with Crippen molar-refractivity contribution in [1.82, 2.24) is 4.98 Å². The maximum absolute atomic E-state index is 13.0. The molecule has 0 aliphatic rings. The molecule has 0 unspecified atom stereocenters. The van der Waals surface area contributed by atoms with Gasteiger partial charge in [-0.3, -0.25) is 9.55 Å². The van der Waals surface area contributed by atoms with Gasteiger partial charge in [0, 0.05) is 12.4 Å². The molecule has 1 aromatic rings. The lowest BCUT2D eigenvalue weighted by Gasteiger charge is -2.20. The molecule has 0 atom stereocenters. The maximum Gasteiger partial charge on any atom is 0.363 e. The van der Waals surface area contributed by atoms with Crippen LogP contribution in [0.1, 0.15) is 26.3 Å². The fourth-order valence-electron chi connectivity index (χ4n) is 1.59. The van der Waals surface area contributed by atoms with Gasteiger partial charge in [-0.25, -0.2) is 0 Å². The number of aromatic nitrogens is 1. The van der Waals surface area contributed by atoms with E-state index in [0.717, 1.165) is 11.3 Å². The van der Waals surface area contributed by atoms with Gasteiger partial charge in [0.1, 0.15) is 0 Å². The zero-order valence-electron chi connectivity index (χ0n) is 12.4. The fourth-order valence-corrected chi connectivity index (χ4v) is 4.90. The summed E-state index contributed by atoms with van der Waals surface area (Å²) in [7, 11) is -3.41. The van der Waals surface area contributed by atoms with Crippen LogP contribution in [0.25, 0.3) is 6.08 Å². The average molecular weight is 345 g/mol. The van der Waals surface area contributed by atoms with Crippen LogP contribution in [0.2, 0.25) is 0 Å². The average Bonchev–Trinajstić information content (AvgIpc) is 2.46. The van der Waals surface area contributed by atoms with Crippen LogP contribution in [-0.2, 0) is 13.6 Å². The summed E-state index contributed by atoms with van der Waals surface area (Å²) in [4.78, 5) is 4.05. The standard InChI is InChI=1S/C14H20NO3PS2/c1-4-17-19(16,18-5-2)13(14(20)21-6-3)10-12-8-7-9-15-11-12/h7-11H,4-6H2,1-3H3/b13-10+. The van der Waals surface area contributed by atoms with Crippen LogP contribution in [0, 0.1) is 0 Å². The predicted molar refractivity (Wildman–Crippen MR) is 93.8 cm³/mol. The lowest BCUT2D eigenvalue weighted by atomic mass is 10.3. The van der Waals surface area contributed by atoms with Crippen LogP contribution in [0.3, 0.4) is 0 Å². The minimum atomic E-state index is -3.41. The number of rotatable bonds is 8. The van der Waals surface area contributed by atoms with E-state index in [1.165, 1.54) is 11.8 Å². The second-order valence-corrected chi connectivity index (χ2v) is 7.80. The molecule has 0 aliphatic carbocycles. The maximum atomic E-state index is 13.0. The molecule has 0 N–H and O–H groups in total. The van der Waals surface area contributed by atoms with Gasteiger partial charge >= 0.3 is 7.60 Å². The van der Waals surface area contributed by atoms with Crippen LogP contribution in [-0.4, -0.2) is 28.1 Å². The highest BCUT2D eigenvalue weighted by atomic mass is 32.2. The second-order valence-electron chi connectivity index (χ2n) is 3.87. The largest absolute Gasteiger partial charge is 0.363 e. The highest BCUT2D eigenvalue weighted by molar-refractivity contribution is 8.24. The number of hydrogen-bond donors (Lipinski definition) is 0. The van der Waals surface area contributed by atoms with E-state index in [9.17, 15) is 4.57 Å². The van der Waals surface area contributed by atoms with E-state index in [-0.39, 0.29) is 0 Å². The van der Waals surface area contributed by atoms with Crippen LogP contribution in [0.15, 0.2) is 29.8 Å². The molecule has 0 amide bonds. The summed E-state index contributed by atoms with van der Waals surface area (Å²) in [5.74, 6) is 0.793. The lowest BCUT2D eigenvalue weighted by molar-refractivity contribution is 0.228. The molecule has 0 spiro atoms. The first-order chi connectivity index (χ1) is 10.1. The Labute approximate surface area is 135 Å². The zero-order valence-corrected chi connectivity index (χ0v) is 15.0. The first-order valence-electron chi connectivity index (χ1n) is 6.75. The van der Waals surface area contributed by atoms with Crippen molar-refractivity contribution in [2.45, 2.75) is 20.8 Å². The molecule has 0 saturated carbocycles.